The highest BCUT2D eigenvalue weighted by atomic mass is 32.1. The summed E-state index contributed by atoms with van der Waals surface area (Å²) >= 11 is 5.48. The molecule has 1 aromatic heterocycles. The van der Waals surface area contributed by atoms with Crippen molar-refractivity contribution in [2.45, 2.75) is 17.4 Å². The minimum atomic E-state index is -0.272. The van der Waals surface area contributed by atoms with Crippen LogP contribution in [-0.2, 0) is 9.47 Å². The SMILES string of the molecule is O=C(OC1CCOC1)c1cc(S)cs1. The highest BCUT2D eigenvalue weighted by Gasteiger charge is 2.21. The Kier molecular flexibility index (Phi) is 3.10. The summed E-state index contributed by atoms with van der Waals surface area (Å²) in [4.78, 5) is 12.9. The molecule has 0 amide bonds. The van der Waals surface area contributed by atoms with Crippen molar-refractivity contribution in [1.29, 1.82) is 0 Å². The zero-order valence-corrected chi connectivity index (χ0v) is 9.14. The second-order valence-electron chi connectivity index (χ2n) is 3.06. The van der Waals surface area contributed by atoms with Crippen molar-refractivity contribution in [2.24, 2.45) is 0 Å². The summed E-state index contributed by atoms with van der Waals surface area (Å²) < 4.78 is 10.3. The Morgan fingerprint density at radius 1 is 1.71 bits per heavy atom. The Morgan fingerprint density at radius 2 is 2.57 bits per heavy atom. The molecule has 0 spiro atoms. The van der Waals surface area contributed by atoms with Gasteiger partial charge in [0.05, 0.1) is 13.2 Å². The molecule has 0 aliphatic carbocycles. The molecule has 1 aliphatic rings. The molecule has 1 aliphatic heterocycles. The Labute approximate surface area is 91.4 Å². The van der Waals surface area contributed by atoms with Gasteiger partial charge in [0.1, 0.15) is 11.0 Å². The van der Waals surface area contributed by atoms with E-state index in [1.807, 2.05) is 5.38 Å². The number of esters is 1. The van der Waals surface area contributed by atoms with Gasteiger partial charge in [-0.25, -0.2) is 4.79 Å². The van der Waals surface area contributed by atoms with E-state index in [9.17, 15) is 4.79 Å². The topological polar surface area (TPSA) is 35.5 Å². The van der Waals surface area contributed by atoms with E-state index in [1.54, 1.807) is 6.07 Å². The monoisotopic (exact) mass is 230 g/mol. The van der Waals surface area contributed by atoms with Crippen LogP contribution in [0.25, 0.3) is 0 Å². The molecule has 0 aromatic carbocycles. The molecule has 5 heteroatoms. The standard InChI is InChI=1S/C9H10O3S2/c10-9(8-3-7(13)5-14-8)12-6-1-2-11-4-6/h3,5-6,13H,1-2,4H2. The molecule has 14 heavy (non-hydrogen) atoms. The minimum Gasteiger partial charge on any atom is -0.456 e. The zero-order chi connectivity index (χ0) is 9.97. The number of thiophene rings is 1. The third-order valence-corrected chi connectivity index (χ3v) is 3.29. The van der Waals surface area contributed by atoms with E-state index >= 15 is 0 Å². The van der Waals surface area contributed by atoms with Crippen LogP contribution < -0.4 is 0 Å². The van der Waals surface area contributed by atoms with Gasteiger partial charge in [0, 0.05) is 16.7 Å². The quantitative estimate of drug-likeness (QED) is 0.623. The van der Waals surface area contributed by atoms with Gasteiger partial charge in [0.15, 0.2) is 0 Å². The molecule has 1 aromatic rings. The third-order valence-electron chi connectivity index (χ3n) is 1.95. The molecule has 1 fully saturated rings. The van der Waals surface area contributed by atoms with Crippen molar-refractivity contribution in [1.82, 2.24) is 0 Å². The van der Waals surface area contributed by atoms with Crippen molar-refractivity contribution >= 4 is 29.9 Å². The summed E-state index contributed by atoms with van der Waals surface area (Å²) in [6.45, 7) is 1.20. The maximum Gasteiger partial charge on any atom is 0.348 e. The summed E-state index contributed by atoms with van der Waals surface area (Å²) in [5.41, 5.74) is 0. The highest BCUT2D eigenvalue weighted by molar-refractivity contribution is 7.80. The average Bonchev–Trinajstić information content (AvgIpc) is 2.75. The maximum absolute atomic E-state index is 11.5. The van der Waals surface area contributed by atoms with E-state index in [4.69, 9.17) is 9.47 Å². The lowest BCUT2D eigenvalue weighted by atomic mass is 10.3. The molecule has 0 saturated carbocycles. The number of rotatable bonds is 2. The fourth-order valence-corrected chi connectivity index (χ4v) is 2.28. The second kappa shape index (κ2) is 4.33. The molecule has 0 N–H and O–H groups in total. The lowest BCUT2D eigenvalue weighted by Crippen LogP contribution is -2.17. The minimum absolute atomic E-state index is 0.0760. The van der Waals surface area contributed by atoms with Gasteiger partial charge in [0.25, 0.3) is 0 Å². The van der Waals surface area contributed by atoms with E-state index < -0.39 is 0 Å². The van der Waals surface area contributed by atoms with Crippen LogP contribution in [0.2, 0.25) is 0 Å². The van der Waals surface area contributed by atoms with E-state index in [2.05, 4.69) is 12.6 Å². The van der Waals surface area contributed by atoms with Gasteiger partial charge in [-0.2, -0.15) is 0 Å². The van der Waals surface area contributed by atoms with Crippen LogP contribution >= 0.6 is 24.0 Å². The van der Waals surface area contributed by atoms with Crippen molar-refractivity contribution < 1.29 is 14.3 Å². The number of carbonyl (C=O) groups excluding carboxylic acids is 1. The van der Waals surface area contributed by atoms with Gasteiger partial charge >= 0.3 is 5.97 Å². The molecular formula is C9H10O3S2. The Morgan fingerprint density at radius 3 is 3.14 bits per heavy atom. The third kappa shape index (κ3) is 2.29. The molecule has 1 atom stereocenters. The van der Waals surface area contributed by atoms with Gasteiger partial charge in [-0.05, 0) is 6.07 Å². The summed E-state index contributed by atoms with van der Waals surface area (Å²) in [6, 6.07) is 1.71. The first-order valence-corrected chi connectivity index (χ1v) is 5.64. The predicted octanol–water partition coefficient (Wildman–Crippen LogP) is 1.98. The summed E-state index contributed by atoms with van der Waals surface area (Å²) in [5.74, 6) is -0.272. The molecule has 2 rings (SSSR count). The van der Waals surface area contributed by atoms with Crippen LogP contribution in [0.5, 0.6) is 0 Å². The van der Waals surface area contributed by atoms with Crippen LogP contribution in [0.4, 0.5) is 0 Å². The molecule has 76 valence electrons. The Balaban J connectivity index is 1.95. The smallest absolute Gasteiger partial charge is 0.348 e. The number of hydrogen-bond acceptors (Lipinski definition) is 5. The number of thiol groups is 1. The van der Waals surface area contributed by atoms with Crippen LogP contribution in [0.1, 0.15) is 16.1 Å². The van der Waals surface area contributed by atoms with Gasteiger partial charge in [-0.15, -0.1) is 24.0 Å². The summed E-state index contributed by atoms with van der Waals surface area (Å²) in [6.07, 6.45) is 0.721. The van der Waals surface area contributed by atoms with Gasteiger partial charge in [0.2, 0.25) is 0 Å². The van der Waals surface area contributed by atoms with Crippen molar-refractivity contribution in [3.05, 3.63) is 16.3 Å². The number of carbonyl (C=O) groups is 1. The predicted molar refractivity (Wildman–Crippen MR) is 56.2 cm³/mol. The molecule has 0 radical (unpaired) electrons. The molecule has 1 saturated heterocycles. The molecule has 3 nitrogen and oxygen atoms in total. The normalized spacial score (nSPS) is 21.1. The molecule has 0 bridgehead atoms. The highest BCUT2D eigenvalue weighted by Crippen LogP contribution is 2.20. The fraction of sp³-hybridized carbons (Fsp3) is 0.444. The second-order valence-corrected chi connectivity index (χ2v) is 4.49. The number of hydrogen-bond donors (Lipinski definition) is 1. The van der Waals surface area contributed by atoms with Gasteiger partial charge in [-0.3, -0.25) is 0 Å². The average molecular weight is 230 g/mol. The van der Waals surface area contributed by atoms with Crippen LogP contribution in [0, 0.1) is 0 Å². The van der Waals surface area contributed by atoms with Gasteiger partial charge < -0.3 is 9.47 Å². The Hall–Kier alpha value is -0.520. The first-order chi connectivity index (χ1) is 6.75. The molecule has 1 unspecified atom stereocenters. The lowest BCUT2D eigenvalue weighted by molar-refractivity contribution is 0.0276. The van der Waals surface area contributed by atoms with Crippen LogP contribution in [0.15, 0.2) is 16.3 Å². The number of ether oxygens (including phenoxy) is 2. The van der Waals surface area contributed by atoms with E-state index in [0.717, 1.165) is 11.3 Å². The van der Waals surface area contributed by atoms with E-state index in [-0.39, 0.29) is 12.1 Å². The van der Waals surface area contributed by atoms with E-state index in [1.165, 1.54) is 11.3 Å². The fourth-order valence-electron chi connectivity index (χ4n) is 1.25. The largest absolute Gasteiger partial charge is 0.456 e. The van der Waals surface area contributed by atoms with Crippen molar-refractivity contribution in [3.63, 3.8) is 0 Å². The first kappa shape index (κ1) is 10.0. The first-order valence-electron chi connectivity index (χ1n) is 4.32. The summed E-state index contributed by atoms with van der Waals surface area (Å²) in [7, 11) is 0. The van der Waals surface area contributed by atoms with Crippen LogP contribution in [-0.4, -0.2) is 25.3 Å². The van der Waals surface area contributed by atoms with Crippen molar-refractivity contribution in [3.8, 4) is 0 Å². The summed E-state index contributed by atoms with van der Waals surface area (Å²) in [5, 5.41) is 1.81. The van der Waals surface area contributed by atoms with Crippen LogP contribution in [0.3, 0.4) is 0 Å². The maximum atomic E-state index is 11.5. The van der Waals surface area contributed by atoms with Crippen molar-refractivity contribution in [2.75, 3.05) is 13.2 Å². The molecule has 2 heterocycles. The van der Waals surface area contributed by atoms with Gasteiger partial charge in [-0.1, -0.05) is 0 Å². The molecular weight excluding hydrogens is 220 g/mol. The Bertz CT molecular complexity index is 329. The zero-order valence-electron chi connectivity index (χ0n) is 7.43. The van der Waals surface area contributed by atoms with E-state index in [0.29, 0.717) is 18.1 Å². The lowest BCUT2D eigenvalue weighted by Gasteiger charge is -2.08.